The normalized spacial score (nSPS) is 11.6. The number of carbonyl (C=O) groups is 1. The number of para-hydroxylation sites is 1. The maximum atomic E-state index is 13.0. The molecule has 2 aromatic carbocycles. The maximum Gasteiger partial charge on any atom is 0.207 e. The van der Waals surface area contributed by atoms with Crippen LogP contribution in [-0.4, -0.2) is 15.3 Å². The van der Waals surface area contributed by atoms with Crippen LogP contribution in [-0.2, 0) is 0 Å². The van der Waals surface area contributed by atoms with Crippen molar-refractivity contribution in [3.63, 3.8) is 0 Å². The fraction of sp³-hybridized carbons (Fsp3) is 0.105. The van der Waals surface area contributed by atoms with Gasteiger partial charge in [-0.3, -0.25) is 9.36 Å². The summed E-state index contributed by atoms with van der Waals surface area (Å²) in [5.41, 5.74) is 1.71. The van der Waals surface area contributed by atoms with E-state index in [1.807, 2.05) is 60.7 Å². The molecule has 0 fully saturated rings. The van der Waals surface area contributed by atoms with Crippen molar-refractivity contribution < 1.29 is 4.79 Å². The Kier molecular flexibility index (Phi) is 4.30. The number of nitriles is 1. The van der Waals surface area contributed by atoms with Crippen LogP contribution in [0.1, 0.15) is 28.5 Å². The number of aromatic nitrogens is 2. The summed E-state index contributed by atoms with van der Waals surface area (Å²) < 4.78 is 1.76. The molecule has 4 nitrogen and oxygen atoms in total. The van der Waals surface area contributed by atoms with Gasteiger partial charge in [0.2, 0.25) is 5.78 Å². The number of carbonyl (C=O) groups excluding carboxylic acids is 1. The predicted molar refractivity (Wildman–Crippen MR) is 87.3 cm³/mol. The number of imidazole rings is 1. The average molecular weight is 301 g/mol. The van der Waals surface area contributed by atoms with Gasteiger partial charge < -0.3 is 0 Å². The molecule has 0 amide bonds. The molecule has 0 aliphatic heterocycles. The van der Waals surface area contributed by atoms with Gasteiger partial charge in [0.1, 0.15) is 0 Å². The molecule has 112 valence electrons. The number of rotatable bonds is 5. The first-order valence-electron chi connectivity index (χ1n) is 7.36. The van der Waals surface area contributed by atoms with Gasteiger partial charge in [-0.2, -0.15) is 5.26 Å². The molecule has 0 radical (unpaired) electrons. The van der Waals surface area contributed by atoms with Crippen molar-refractivity contribution in [3.05, 3.63) is 84.4 Å². The first-order valence-corrected chi connectivity index (χ1v) is 7.36. The van der Waals surface area contributed by atoms with E-state index in [2.05, 4.69) is 11.1 Å². The number of hydrogen-bond acceptors (Lipinski definition) is 3. The fourth-order valence-electron chi connectivity index (χ4n) is 2.58. The topological polar surface area (TPSA) is 58.7 Å². The highest BCUT2D eigenvalue weighted by atomic mass is 16.1. The van der Waals surface area contributed by atoms with Gasteiger partial charge in [0.05, 0.1) is 12.0 Å². The third-order valence-corrected chi connectivity index (χ3v) is 3.71. The van der Waals surface area contributed by atoms with Crippen LogP contribution in [0.4, 0.5) is 0 Å². The van der Waals surface area contributed by atoms with Crippen molar-refractivity contribution in [2.75, 3.05) is 0 Å². The zero-order chi connectivity index (χ0) is 16.1. The highest BCUT2D eigenvalue weighted by Gasteiger charge is 2.25. The van der Waals surface area contributed by atoms with E-state index < -0.39 is 5.92 Å². The van der Waals surface area contributed by atoms with E-state index >= 15 is 0 Å². The van der Waals surface area contributed by atoms with Gasteiger partial charge in [-0.25, -0.2) is 4.98 Å². The van der Waals surface area contributed by atoms with E-state index in [0.29, 0.717) is 5.82 Å². The highest BCUT2D eigenvalue weighted by Crippen LogP contribution is 2.24. The van der Waals surface area contributed by atoms with Gasteiger partial charge in [-0.15, -0.1) is 0 Å². The fourth-order valence-corrected chi connectivity index (χ4v) is 2.58. The van der Waals surface area contributed by atoms with E-state index in [1.165, 1.54) is 0 Å². The summed E-state index contributed by atoms with van der Waals surface area (Å²) in [6, 6.07) is 21.1. The Hall–Kier alpha value is -3.19. The molecule has 0 aliphatic rings. The van der Waals surface area contributed by atoms with Gasteiger partial charge in [0.15, 0.2) is 5.82 Å². The molecule has 0 aliphatic carbocycles. The van der Waals surface area contributed by atoms with E-state index in [-0.39, 0.29) is 12.2 Å². The lowest BCUT2D eigenvalue weighted by Crippen LogP contribution is -2.17. The second-order valence-electron chi connectivity index (χ2n) is 5.15. The molecule has 0 saturated carbocycles. The maximum absolute atomic E-state index is 13.0. The van der Waals surface area contributed by atoms with Crippen LogP contribution in [0.15, 0.2) is 73.1 Å². The summed E-state index contributed by atoms with van der Waals surface area (Å²) in [6.45, 7) is 0. The van der Waals surface area contributed by atoms with E-state index in [0.717, 1.165) is 11.3 Å². The molecule has 0 spiro atoms. The number of Topliss-reactive ketones (excluding diaryl/α,β-unsaturated/α-hetero) is 1. The first kappa shape index (κ1) is 14.7. The average Bonchev–Trinajstić information content (AvgIpc) is 3.10. The third-order valence-electron chi connectivity index (χ3n) is 3.71. The quantitative estimate of drug-likeness (QED) is 0.674. The van der Waals surface area contributed by atoms with Crippen LogP contribution in [0.2, 0.25) is 0 Å². The Bertz CT molecular complexity index is 832. The van der Waals surface area contributed by atoms with Crippen LogP contribution in [0.25, 0.3) is 5.69 Å². The molecule has 3 rings (SSSR count). The SMILES string of the molecule is N#CC[C@@H](C(=O)c1nccn1-c1ccccc1)c1ccccc1. The molecule has 0 N–H and O–H groups in total. The molecule has 0 saturated heterocycles. The minimum atomic E-state index is -0.508. The standard InChI is InChI=1S/C19H15N3O/c20-12-11-17(15-7-3-1-4-8-15)18(23)19-21-13-14-22(19)16-9-5-2-6-10-16/h1-10,13-14,17H,11H2/t17-/m1/s1. The van der Waals surface area contributed by atoms with Gasteiger partial charge in [0, 0.05) is 24.5 Å². The van der Waals surface area contributed by atoms with Crippen LogP contribution in [0.3, 0.4) is 0 Å². The minimum Gasteiger partial charge on any atom is -0.297 e. The molecular weight excluding hydrogens is 286 g/mol. The van der Waals surface area contributed by atoms with Crippen LogP contribution in [0, 0.1) is 11.3 Å². The Morgan fingerprint density at radius 1 is 1.09 bits per heavy atom. The van der Waals surface area contributed by atoms with Crippen LogP contribution < -0.4 is 0 Å². The molecule has 0 bridgehead atoms. The highest BCUT2D eigenvalue weighted by molar-refractivity contribution is 5.98. The Morgan fingerprint density at radius 3 is 2.39 bits per heavy atom. The summed E-state index contributed by atoms with van der Waals surface area (Å²) in [5.74, 6) is -0.307. The molecule has 0 unspecified atom stereocenters. The Balaban J connectivity index is 2.00. The summed E-state index contributed by atoms with van der Waals surface area (Å²) in [4.78, 5) is 17.2. The van der Waals surface area contributed by atoms with E-state index in [4.69, 9.17) is 5.26 Å². The Morgan fingerprint density at radius 2 is 1.74 bits per heavy atom. The molecule has 3 aromatic rings. The second kappa shape index (κ2) is 6.71. The number of nitrogens with zero attached hydrogens (tertiary/aromatic N) is 3. The Labute approximate surface area is 134 Å². The molecule has 23 heavy (non-hydrogen) atoms. The zero-order valence-corrected chi connectivity index (χ0v) is 12.5. The molecule has 4 heteroatoms. The lowest BCUT2D eigenvalue weighted by molar-refractivity contribution is 0.0949. The first-order chi connectivity index (χ1) is 11.3. The van der Waals surface area contributed by atoms with Crippen molar-refractivity contribution in [1.82, 2.24) is 9.55 Å². The number of hydrogen-bond donors (Lipinski definition) is 0. The monoisotopic (exact) mass is 301 g/mol. The van der Waals surface area contributed by atoms with Crippen molar-refractivity contribution in [2.45, 2.75) is 12.3 Å². The molecule has 1 heterocycles. The van der Waals surface area contributed by atoms with Crippen molar-refractivity contribution in [2.24, 2.45) is 0 Å². The van der Waals surface area contributed by atoms with E-state index in [9.17, 15) is 4.79 Å². The predicted octanol–water partition coefficient (Wildman–Crippen LogP) is 3.75. The van der Waals surface area contributed by atoms with E-state index in [1.54, 1.807) is 17.0 Å². The summed E-state index contributed by atoms with van der Waals surface area (Å²) in [5, 5.41) is 9.10. The molecular formula is C19H15N3O. The van der Waals surface area contributed by atoms with Crippen molar-refractivity contribution in [1.29, 1.82) is 5.26 Å². The van der Waals surface area contributed by atoms with Crippen molar-refractivity contribution >= 4 is 5.78 Å². The lowest BCUT2D eigenvalue weighted by atomic mass is 9.91. The lowest BCUT2D eigenvalue weighted by Gasteiger charge is -2.14. The van der Waals surface area contributed by atoms with Gasteiger partial charge >= 0.3 is 0 Å². The number of ketones is 1. The summed E-state index contributed by atoms with van der Waals surface area (Å²) >= 11 is 0. The molecule has 1 aromatic heterocycles. The van der Waals surface area contributed by atoms with Gasteiger partial charge in [-0.1, -0.05) is 48.5 Å². The zero-order valence-electron chi connectivity index (χ0n) is 12.5. The molecule has 1 atom stereocenters. The van der Waals surface area contributed by atoms with Crippen molar-refractivity contribution in [3.8, 4) is 11.8 Å². The smallest absolute Gasteiger partial charge is 0.207 e. The summed E-state index contributed by atoms with van der Waals surface area (Å²) in [6.07, 6.45) is 3.50. The summed E-state index contributed by atoms with van der Waals surface area (Å²) in [7, 11) is 0. The second-order valence-corrected chi connectivity index (χ2v) is 5.15. The third kappa shape index (κ3) is 3.04. The largest absolute Gasteiger partial charge is 0.297 e. The number of benzene rings is 2. The van der Waals surface area contributed by atoms with Crippen LogP contribution in [0.5, 0.6) is 0 Å². The minimum absolute atomic E-state index is 0.129. The van der Waals surface area contributed by atoms with Crippen LogP contribution >= 0.6 is 0 Å². The van der Waals surface area contributed by atoms with Gasteiger partial charge in [-0.05, 0) is 17.7 Å². The van der Waals surface area contributed by atoms with Gasteiger partial charge in [0.25, 0.3) is 0 Å².